The molecule has 0 bridgehead atoms. The molecule has 0 spiro atoms. The van der Waals surface area contributed by atoms with Crippen molar-refractivity contribution in [3.05, 3.63) is 77.9 Å². The van der Waals surface area contributed by atoms with Gasteiger partial charge in [-0.25, -0.2) is 0 Å². The lowest BCUT2D eigenvalue weighted by atomic mass is 9.77. The first-order chi connectivity index (χ1) is 12.5. The maximum Gasteiger partial charge on any atom is 0.147 e. The third kappa shape index (κ3) is 2.58. The molecule has 5 heteroatoms. The van der Waals surface area contributed by atoms with Crippen molar-refractivity contribution in [3.8, 4) is 17.2 Å². The van der Waals surface area contributed by atoms with Crippen molar-refractivity contribution >= 4 is 11.0 Å². The van der Waals surface area contributed by atoms with Crippen molar-refractivity contribution in [1.82, 2.24) is 15.0 Å². The lowest BCUT2D eigenvalue weighted by molar-refractivity contribution is 0.434. The van der Waals surface area contributed by atoms with Gasteiger partial charge in [0, 0.05) is 17.0 Å². The van der Waals surface area contributed by atoms with E-state index in [-0.39, 0.29) is 11.5 Å². The Morgan fingerprint density at radius 3 is 2.00 bits per heavy atom. The van der Waals surface area contributed by atoms with Crippen LogP contribution in [0, 0.1) is 0 Å². The van der Waals surface area contributed by atoms with E-state index in [9.17, 15) is 10.2 Å². The zero-order valence-corrected chi connectivity index (χ0v) is 14.6. The topological polar surface area (TPSA) is 71.2 Å². The van der Waals surface area contributed by atoms with Crippen LogP contribution in [0.4, 0.5) is 0 Å². The van der Waals surface area contributed by atoms with Gasteiger partial charge in [-0.2, -0.15) is 0 Å². The van der Waals surface area contributed by atoms with Crippen LogP contribution in [-0.4, -0.2) is 25.2 Å². The summed E-state index contributed by atoms with van der Waals surface area (Å²) in [5, 5.41) is 30.1. The first-order valence-electron chi connectivity index (χ1n) is 8.41. The van der Waals surface area contributed by atoms with Crippen LogP contribution < -0.4 is 0 Å². The Morgan fingerprint density at radius 2 is 1.38 bits per heavy atom. The molecule has 0 aliphatic carbocycles. The maximum absolute atomic E-state index is 11.0. The number of aromatic hydroxyl groups is 2. The summed E-state index contributed by atoms with van der Waals surface area (Å²) in [5.74, 6) is 0.107. The minimum atomic E-state index is -0.509. The summed E-state index contributed by atoms with van der Waals surface area (Å²) in [6.45, 7) is 4.02. The van der Waals surface area contributed by atoms with E-state index in [2.05, 4.69) is 10.2 Å². The van der Waals surface area contributed by atoms with Gasteiger partial charge in [-0.05, 0) is 23.8 Å². The Morgan fingerprint density at radius 1 is 0.808 bits per heavy atom. The van der Waals surface area contributed by atoms with Crippen molar-refractivity contribution in [3.63, 3.8) is 0 Å². The van der Waals surface area contributed by atoms with E-state index >= 15 is 0 Å². The zero-order chi connectivity index (χ0) is 18.3. The molecule has 1 heterocycles. The molecule has 0 saturated carbocycles. The number of hydrogen-bond acceptors (Lipinski definition) is 4. The number of phenolic OH excluding ortho intramolecular Hbond substituents is 2. The van der Waals surface area contributed by atoms with Crippen molar-refractivity contribution in [2.24, 2.45) is 0 Å². The average molecular weight is 345 g/mol. The Labute approximate surface area is 151 Å². The van der Waals surface area contributed by atoms with Crippen LogP contribution in [0.1, 0.15) is 25.0 Å². The monoisotopic (exact) mass is 345 g/mol. The van der Waals surface area contributed by atoms with Crippen LogP contribution in [-0.2, 0) is 5.41 Å². The third-order valence-electron chi connectivity index (χ3n) is 4.75. The van der Waals surface area contributed by atoms with Crippen molar-refractivity contribution in [1.29, 1.82) is 0 Å². The number of benzene rings is 3. The van der Waals surface area contributed by atoms with E-state index in [1.54, 1.807) is 6.07 Å². The van der Waals surface area contributed by atoms with Gasteiger partial charge in [0.1, 0.15) is 28.2 Å². The molecule has 5 nitrogen and oxygen atoms in total. The first kappa shape index (κ1) is 16.1. The van der Waals surface area contributed by atoms with Crippen LogP contribution in [0.2, 0.25) is 0 Å². The molecule has 3 aromatic carbocycles. The smallest absolute Gasteiger partial charge is 0.147 e. The predicted octanol–water partition coefficient (Wildman–Crippen LogP) is 4.16. The fourth-order valence-corrected chi connectivity index (χ4v) is 3.21. The molecule has 0 fully saturated rings. The van der Waals surface area contributed by atoms with E-state index in [1.165, 1.54) is 10.9 Å². The van der Waals surface area contributed by atoms with E-state index in [1.807, 2.05) is 68.4 Å². The van der Waals surface area contributed by atoms with E-state index in [4.69, 9.17) is 0 Å². The molecule has 130 valence electrons. The molecule has 0 atom stereocenters. The minimum Gasteiger partial charge on any atom is -0.508 e. The van der Waals surface area contributed by atoms with Gasteiger partial charge in [0.2, 0.25) is 0 Å². The predicted molar refractivity (Wildman–Crippen MR) is 101 cm³/mol. The van der Waals surface area contributed by atoms with Gasteiger partial charge in [0.05, 0.1) is 0 Å². The molecule has 0 unspecified atom stereocenters. The first-order valence-corrected chi connectivity index (χ1v) is 8.41. The summed E-state index contributed by atoms with van der Waals surface area (Å²) >= 11 is 0. The molecule has 0 aliphatic heterocycles. The average Bonchev–Trinajstić information content (AvgIpc) is 3.08. The Kier molecular flexibility index (Phi) is 3.65. The lowest BCUT2D eigenvalue weighted by Gasteiger charge is -2.27. The van der Waals surface area contributed by atoms with Gasteiger partial charge in [-0.3, -0.25) is 0 Å². The fraction of sp³-hybridized carbons (Fsp3) is 0.143. The molecule has 4 aromatic rings. The van der Waals surface area contributed by atoms with Gasteiger partial charge in [-0.1, -0.05) is 56.3 Å². The fourth-order valence-electron chi connectivity index (χ4n) is 3.21. The van der Waals surface area contributed by atoms with Crippen LogP contribution in [0.3, 0.4) is 0 Å². The van der Waals surface area contributed by atoms with E-state index in [0.29, 0.717) is 11.3 Å². The van der Waals surface area contributed by atoms with Crippen LogP contribution >= 0.6 is 0 Å². The number of phenols is 2. The molecule has 26 heavy (non-hydrogen) atoms. The minimum absolute atomic E-state index is 0.0527. The quantitative estimate of drug-likeness (QED) is 0.547. The van der Waals surface area contributed by atoms with E-state index in [0.717, 1.165) is 16.6 Å². The number of aromatic nitrogens is 3. The number of hydrogen-bond donors (Lipinski definition) is 2. The highest BCUT2D eigenvalue weighted by Gasteiger charge is 2.29. The number of rotatable bonds is 3. The molecular formula is C21H19N3O2. The summed E-state index contributed by atoms with van der Waals surface area (Å²) in [6.07, 6.45) is 0. The summed E-state index contributed by atoms with van der Waals surface area (Å²) in [4.78, 5) is 1.37. The largest absolute Gasteiger partial charge is 0.508 e. The highest BCUT2D eigenvalue weighted by atomic mass is 16.3. The second-order valence-electron chi connectivity index (χ2n) is 6.83. The summed E-state index contributed by atoms with van der Waals surface area (Å²) in [7, 11) is 0. The standard InChI is InChI=1S/C21H19N3O2/c1-21(2,14-8-4-3-5-9-14)16-12-15(25)13-19(20(16)26)24-22-17-10-6-7-11-18(17)23-24/h3-13,25-26H,1-2H3. The number of nitrogens with zero attached hydrogens (tertiary/aromatic N) is 3. The Hall–Kier alpha value is -3.34. The molecule has 1 aromatic heterocycles. The van der Waals surface area contributed by atoms with Crippen molar-refractivity contribution < 1.29 is 10.2 Å². The molecule has 0 amide bonds. The van der Waals surface area contributed by atoms with Gasteiger partial charge < -0.3 is 10.2 Å². The maximum atomic E-state index is 11.0. The van der Waals surface area contributed by atoms with Gasteiger partial charge >= 0.3 is 0 Å². The highest BCUT2D eigenvalue weighted by molar-refractivity contribution is 5.74. The molecule has 2 N–H and O–H groups in total. The Bertz CT molecular complexity index is 1050. The van der Waals surface area contributed by atoms with Crippen molar-refractivity contribution in [2.45, 2.75) is 19.3 Å². The number of fused-ring (bicyclic) bond motifs is 1. The highest BCUT2D eigenvalue weighted by Crippen LogP contribution is 2.41. The second-order valence-corrected chi connectivity index (χ2v) is 6.83. The van der Waals surface area contributed by atoms with E-state index < -0.39 is 5.41 Å². The van der Waals surface area contributed by atoms with Gasteiger partial charge in [0.15, 0.2) is 0 Å². The Balaban J connectivity index is 1.91. The SMILES string of the molecule is CC(C)(c1ccccc1)c1cc(O)cc(-n2nc3ccccc3n2)c1O. The summed E-state index contributed by atoms with van der Waals surface area (Å²) in [6, 6.07) is 20.4. The van der Waals surface area contributed by atoms with Gasteiger partial charge in [0.25, 0.3) is 0 Å². The lowest BCUT2D eigenvalue weighted by Crippen LogP contribution is -2.19. The van der Waals surface area contributed by atoms with Crippen LogP contribution in [0.5, 0.6) is 11.5 Å². The molecule has 0 saturated heterocycles. The summed E-state index contributed by atoms with van der Waals surface area (Å²) < 4.78 is 0. The van der Waals surface area contributed by atoms with Crippen LogP contribution in [0.25, 0.3) is 16.7 Å². The normalized spacial score (nSPS) is 11.8. The second kappa shape index (κ2) is 5.88. The molecule has 0 radical (unpaired) electrons. The van der Waals surface area contributed by atoms with Crippen LogP contribution in [0.15, 0.2) is 66.7 Å². The molecular weight excluding hydrogens is 326 g/mol. The molecule has 0 aliphatic rings. The van der Waals surface area contributed by atoms with Gasteiger partial charge in [-0.15, -0.1) is 15.0 Å². The summed E-state index contributed by atoms with van der Waals surface area (Å²) in [5.41, 5.74) is 2.93. The third-order valence-corrected chi connectivity index (χ3v) is 4.75. The zero-order valence-electron chi connectivity index (χ0n) is 14.6. The van der Waals surface area contributed by atoms with Crippen molar-refractivity contribution in [2.75, 3.05) is 0 Å². The molecule has 4 rings (SSSR count).